The van der Waals surface area contributed by atoms with Crippen LogP contribution in [0.15, 0.2) is 48.1 Å². The van der Waals surface area contributed by atoms with Crippen molar-refractivity contribution in [1.29, 1.82) is 0 Å². The third-order valence-electron chi connectivity index (χ3n) is 4.32. The number of carbonyl (C=O) groups is 1. The summed E-state index contributed by atoms with van der Waals surface area (Å²) >= 11 is 1.34. The third kappa shape index (κ3) is 3.29. The number of imidazole rings is 1. The minimum absolute atomic E-state index is 0.300. The zero-order valence-electron chi connectivity index (χ0n) is 15.6. The molecule has 8 heteroatoms. The van der Waals surface area contributed by atoms with Crippen molar-refractivity contribution in [2.75, 3.05) is 19.5 Å². The molecule has 4 aromatic rings. The van der Waals surface area contributed by atoms with Gasteiger partial charge < -0.3 is 13.9 Å². The number of nitrogens with zero attached hydrogens (tertiary/aromatic N) is 3. The summed E-state index contributed by atoms with van der Waals surface area (Å²) in [6.07, 6.45) is 3.57. The Labute approximate surface area is 165 Å². The number of thiazole rings is 1. The monoisotopic (exact) mass is 394 g/mol. The molecule has 7 nitrogen and oxygen atoms in total. The molecule has 1 aromatic carbocycles. The number of benzene rings is 1. The summed E-state index contributed by atoms with van der Waals surface area (Å²) in [6, 6.07) is 9.39. The lowest BCUT2D eigenvalue weighted by atomic mass is 10.1. The van der Waals surface area contributed by atoms with E-state index in [1.807, 2.05) is 47.2 Å². The van der Waals surface area contributed by atoms with Gasteiger partial charge in [-0.05, 0) is 30.7 Å². The summed E-state index contributed by atoms with van der Waals surface area (Å²) in [4.78, 5) is 21.5. The second-order valence-corrected chi connectivity index (χ2v) is 6.96. The third-order valence-corrected chi connectivity index (χ3v) is 5.08. The highest BCUT2D eigenvalue weighted by atomic mass is 32.1. The number of rotatable bonds is 5. The van der Waals surface area contributed by atoms with Crippen molar-refractivity contribution in [3.63, 3.8) is 0 Å². The quantitative estimate of drug-likeness (QED) is 0.553. The van der Waals surface area contributed by atoms with Crippen LogP contribution >= 0.6 is 11.3 Å². The molecule has 28 heavy (non-hydrogen) atoms. The first kappa shape index (κ1) is 18.0. The van der Waals surface area contributed by atoms with Crippen LogP contribution < -0.4 is 14.8 Å². The maximum atomic E-state index is 12.6. The van der Waals surface area contributed by atoms with Gasteiger partial charge in [0.15, 0.2) is 5.13 Å². The number of hydrogen-bond acceptors (Lipinski definition) is 6. The van der Waals surface area contributed by atoms with E-state index in [4.69, 9.17) is 9.47 Å². The number of hydrogen-bond donors (Lipinski definition) is 1. The molecule has 3 aromatic heterocycles. The van der Waals surface area contributed by atoms with Crippen LogP contribution in [0.4, 0.5) is 5.13 Å². The predicted molar refractivity (Wildman–Crippen MR) is 109 cm³/mol. The average molecular weight is 394 g/mol. The van der Waals surface area contributed by atoms with E-state index in [9.17, 15) is 4.79 Å². The maximum absolute atomic E-state index is 12.6. The van der Waals surface area contributed by atoms with Crippen LogP contribution in [0.25, 0.3) is 16.9 Å². The second-order valence-electron chi connectivity index (χ2n) is 6.11. The lowest BCUT2D eigenvalue weighted by Gasteiger charge is -2.08. The van der Waals surface area contributed by atoms with Crippen molar-refractivity contribution in [1.82, 2.24) is 14.4 Å². The number of aryl methyl sites for hydroxylation is 1. The van der Waals surface area contributed by atoms with Gasteiger partial charge in [0.1, 0.15) is 22.8 Å². The molecule has 4 rings (SSSR count). The lowest BCUT2D eigenvalue weighted by Crippen LogP contribution is -2.12. The molecule has 0 aliphatic carbocycles. The summed E-state index contributed by atoms with van der Waals surface area (Å²) in [5.41, 5.74) is 3.64. The highest BCUT2D eigenvalue weighted by molar-refractivity contribution is 7.14. The Bertz CT molecular complexity index is 1170. The van der Waals surface area contributed by atoms with E-state index < -0.39 is 0 Å². The summed E-state index contributed by atoms with van der Waals surface area (Å²) in [6.45, 7) is 1.96. The highest BCUT2D eigenvalue weighted by Gasteiger charge is 2.16. The molecule has 0 unspecified atom stereocenters. The summed E-state index contributed by atoms with van der Waals surface area (Å²) in [7, 11) is 3.20. The van der Waals surface area contributed by atoms with Crippen LogP contribution in [-0.4, -0.2) is 34.5 Å². The molecule has 0 aliphatic heterocycles. The van der Waals surface area contributed by atoms with Gasteiger partial charge in [0.05, 0.1) is 19.9 Å². The first-order chi connectivity index (χ1) is 13.6. The van der Waals surface area contributed by atoms with Crippen LogP contribution in [0.1, 0.15) is 16.1 Å². The molecule has 0 fully saturated rings. The molecule has 142 valence electrons. The molecule has 0 saturated heterocycles. The van der Waals surface area contributed by atoms with Gasteiger partial charge in [-0.25, -0.2) is 9.97 Å². The first-order valence-electron chi connectivity index (χ1n) is 8.52. The van der Waals surface area contributed by atoms with Gasteiger partial charge in [-0.15, -0.1) is 11.3 Å². The number of amides is 1. The fraction of sp³-hybridized carbons (Fsp3) is 0.150. The Hall–Kier alpha value is -3.39. The number of ether oxygens (including phenoxy) is 2. The molecule has 1 N–H and O–H groups in total. The first-order valence-corrected chi connectivity index (χ1v) is 9.40. The maximum Gasteiger partial charge on any atom is 0.277 e. The van der Waals surface area contributed by atoms with Crippen LogP contribution in [0.2, 0.25) is 0 Å². The van der Waals surface area contributed by atoms with Crippen molar-refractivity contribution in [3.05, 3.63) is 59.4 Å². The van der Waals surface area contributed by atoms with Crippen LogP contribution in [0, 0.1) is 6.92 Å². The highest BCUT2D eigenvalue weighted by Crippen LogP contribution is 2.34. The normalized spacial score (nSPS) is 10.8. The van der Waals surface area contributed by atoms with Gasteiger partial charge in [-0.3, -0.25) is 10.1 Å². The molecule has 0 saturated carbocycles. The van der Waals surface area contributed by atoms with Gasteiger partial charge in [0, 0.05) is 29.4 Å². The lowest BCUT2D eigenvalue weighted by molar-refractivity contribution is 0.102. The fourth-order valence-corrected chi connectivity index (χ4v) is 3.59. The number of carbonyl (C=O) groups excluding carboxylic acids is 1. The van der Waals surface area contributed by atoms with Crippen molar-refractivity contribution < 1.29 is 14.3 Å². The van der Waals surface area contributed by atoms with Gasteiger partial charge >= 0.3 is 0 Å². The molecular formula is C20H18N4O3S. The topological polar surface area (TPSA) is 77.8 Å². The minimum atomic E-state index is -0.300. The zero-order valence-corrected chi connectivity index (χ0v) is 16.4. The fourth-order valence-electron chi connectivity index (χ4n) is 2.89. The number of aromatic nitrogens is 3. The molecular weight excluding hydrogens is 376 g/mol. The van der Waals surface area contributed by atoms with Gasteiger partial charge in [0.25, 0.3) is 5.91 Å². The van der Waals surface area contributed by atoms with Crippen molar-refractivity contribution in [2.45, 2.75) is 6.92 Å². The standard InChI is InChI=1S/C20H18N4O3S/c1-12-5-4-8-24-10-15(21-18(12)24)19(25)23-20-22-16(11-28-20)14-7-6-13(26-2)9-17(14)27-3/h4-11H,1-3H3,(H,22,23,25). The van der Waals surface area contributed by atoms with Crippen LogP contribution in [-0.2, 0) is 0 Å². The Morgan fingerprint density at radius 1 is 1.18 bits per heavy atom. The van der Waals surface area contributed by atoms with Crippen LogP contribution in [0.5, 0.6) is 11.5 Å². The molecule has 0 spiro atoms. The van der Waals surface area contributed by atoms with E-state index in [2.05, 4.69) is 15.3 Å². The molecule has 3 heterocycles. The van der Waals surface area contributed by atoms with Crippen LogP contribution in [0.3, 0.4) is 0 Å². The van der Waals surface area contributed by atoms with E-state index in [-0.39, 0.29) is 5.91 Å². The number of anilines is 1. The summed E-state index contributed by atoms with van der Waals surface area (Å²) in [5, 5.41) is 5.18. The second kappa shape index (κ2) is 7.32. The summed E-state index contributed by atoms with van der Waals surface area (Å²) < 4.78 is 12.5. The van der Waals surface area contributed by atoms with Crippen molar-refractivity contribution >= 4 is 28.0 Å². The van der Waals surface area contributed by atoms with Crippen molar-refractivity contribution in [2.24, 2.45) is 0 Å². The smallest absolute Gasteiger partial charge is 0.277 e. The predicted octanol–water partition coefficient (Wildman–Crippen LogP) is 4.04. The average Bonchev–Trinajstić information content (AvgIpc) is 3.35. The van der Waals surface area contributed by atoms with Gasteiger partial charge in [-0.2, -0.15) is 0 Å². The van der Waals surface area contributed by atoms with E-state index in [0.717, 1.165) is 16.8 Å². The Morgan fingerprint density at radius 2 is 2.04 bits per heavy atom. The summed E-state index contributed by atoms with van der Waals surface area (Å²) in [5.74, 6) is 1.05. The SMILES string of the molecule is COc1ccc(-c2csc(NC(=O)c3cn4cccc(C)c4n3)n2)c(OC)c1. The number of nitrogens with one attached hydrogen (secondary N) is 1. The van der Waals surface area contributed by atoms with E-state index in [0.29, 0.717) is 28.0 Å². The Morgan fingerprint density at radius 3 is 2.79 bits per heavy atom. The van der Waals surface area contributed by atoms with E-state index in [1.165, 1.54) is 11.3 Å². The Balaban J connectivity index is 1.58. The number of fused-ring (bicyclic) bond motifs is 1. The zero-order chi connectivity index (χ0) is 19.7. The molecule has 1 amide bonds. The van der Waals surface area contributed by atoms with E-state index in [1.54, 1.807) is 26.5 Å². The molecule has 0 bridgehead atoms. The largest absolute Gasteiger partial charge is 0.497 e. The van der Waals surface area contributed by atoms with E-state index >= 15 is 0 Å². The Kier molecular flexibility index (Phi) is 4.70. The van der Waals surface area contributed by atoms with Gasteiger partial charge in [0.2, 0.25) is 0 Å². The van der Waals surface area contributed by atoms with Gasteiger partial charge in [-0.1, -0.05) is 6.07 Å². The minimum Gasteiger partial charge on any atom is -0.497 e. The van der Waals surface area contributed by atoms with Crippen molar-refractivity contribution in [3.8, 4) is 22.8 Å². The number of methoxy groups -OCH3 is 2. The molecule has 0 aliphatic rings. The molecule has 0 atom stereocenters. The number of pyridine rings is 1. The molecule has 0 radical (unpaired) electrons.